The number of piperidine rings is 1. The van der Waals surface area contributed by atoms with Gasteiger partial charge in [0.1, 0.15) is 5.75 Å². The highest BCUT2D eigenvalue weighted by Gasteiger charge is 2.33. The van der Waals surface area contributed by atoms with E-state index in [4.69, 9.17) is 4.74 Å². The van der Waals surface area contributed by atoms with E-state index in [9.17, 15) is 21.6 Å². The minimum absolute atomic E-state index is 0.0231. The van der Waals surface area contributed by atoms with Crippen LogP contribution < -0.4 is 14.8 Å². The van der Waals surface area contributed by atoms with Crippen molar-refractivity contribution in [3.05, 3.63) is 66.5 Å². The van der Waals surface area contributed by atoms with Crippen LogP contribution in [0.3, 0.4) is 0 Å². The molecule has 37 heavy (non-hydrogen) atoms. The summed E-state index contributed by atoms with van der Waals surface area (Å²) in [6, 6.07) is 13.4. The Bertz CT molecular complexity index is 1480. The fraction of sp³-hybridized carbons (Fsp3) is 0.292. The van der Waals surface area contributed by atoms with Crippen LogP contribution in [0.15, 0.2) is 70.6 Å². The Morgan fingerprint density at radius 1 is 1.00 bits per heavy atom. The van der Waals surface area contributed by atoms with E-state index in [2.05, 4.69) is 20.0 Å². The zero-order valence-electron chi connectivity index (χ0n) is 20.3. The maximum Gasteiger partial charge on any atom is 0.264 e. The quantitative estimate of drug-likeness (QED) is 0.439. The standard InChI is InChI=1S/C24H27N5O6S2/c1-17-13-14-25-24(26-17)28-36(31,32)21-9-5-19(6-10-21)27-23(30)18-4-3-15-29(16-18)37(33,34)22-11-7-20(35-2)8-12-22/h5-14,18H,3-4,15-16H2,1-2H3,(H,27,30)(H,25,26,28). The average Bonchev–Trinajstić information content (AvgIpc) is 2.89. The number of anilines is 2. The Morgan fingerprint density at radius 3 is 2.32 bits per heavy atom. The number of sulfonamides is 2. The fourth-order valence-corrected chi connectivity index (χ4v) is 6.39. The second-order valence-electron chi connectivity index (χ2n) is 8.52. The molecule has 13 heteroatoms. The Morgan fingerprint density at radius 2 is 1.68 bits per heavy atom. The molecule has 3 aromatic rings. The second-order valence-corrected chi connectivity index (χ2v) is 12.1. The molecule has 1 aliphatic heterocycles. The molecule has 0 spiro atoms. The molecule has 0 saturated carbocycles. The van der Waals surface area contributed by atoms with E-state index in [0.29, 0.717) is 36.5 Å². The molecule has 1 amide bonds. The van der Waals surface area contributed by atoms with Gasteiger partial charge in [0.2, 0.25) is 21.9 Å². The van der Waals surface area contributed by atoms with Gasteiger partial charge in [0.05, 0.1) is 22.8 Å². The van der Waals surface area contributed by atoms with Crippen LogP contribution >= 0.6 is 0 Å². The highest BCUT2D eigenvalue weighted by atomic mass is 32.2. The maximum absolute atomic E-state index is 13.1. The zero-order chi connectivity index (χ0) is 26.6. The summed E-state index contributed by atoms with van der Waals surface area (Å²) in [5, 5.41) is 2.76. The van der Waals surface area contributed by atoms with E-state index >= 15 is 0 Å². The van der Waals surface area contributed by atoms with E-state index in [1.165, 1.54) is 54.0 Å². The van der Waals surface area contributed by atoms with Crippen LogP contribution in [0.2, 0.25) is 0 Å². The minimum atomic E-state index is -3.92. The van der Waals surface area contributed by atoms with Crippen molar-refractivity contribution in [2.45, 2.75) is 29.6 Å². The predicted octanol–water partition coefficient (Wildman–Crippen LogP) is 2.63. The summed E-state index contributed by atoms with van der Waals surface area (Å²) in [6.45, 7) is 2.09. The SMILES string of the molecule is COc1ccc(S(=O)(=O)N2CCCC(C(=O)Nc3ccc(S(=O)(=O)Nc4nccc(C)n4)cc3)C2)cc1. The number of nitrogens with zero attached hydrogens (tertiary/aromatic N) is 3. The molecule has 2 N–H and O–H groups in total. The first-order chi connectivity index (χ1) is 17.6. The van der Waals surface area contributed by atoms with E-state index in [0.717, 1.165) is 0 Å². The fourth-order valence-electron chi connectivity index (χ4n) is 3.91. The van der Waals surface area contributed by atoms with E-state index in [1.807, 2.05) is 0 Å². The summed E-state index contributed by atoms with van der Waals surface area (Å²) in [5.74, 6) is -0.376. The van der Waals surface area contributed by atoms with Crippen molar-refractivity contribution in [1.29, 1.82) is 0 Å². The van der Waals surface area contributed by atoms with Gasteiger partial charge in [-0.1, -0.05) is 0 Å². The average molecular weight is 546 g/mol. The van der Waals surface area contributed by atoms with Gasteiger partial charge >= 0.3 is 0 Å². The van der Waals surface area contributed by atoms with Crippen molar-refractivity contribution in [2.75, 3.05) is 30.2 Å². The number of ether oxygens (including phenoxy) is 1. The van der Waals surface area contributed by atoms with Gasteiger partial charge in [-0.2, -0.15) is 4.31 Å². The zero-order valence-corrected chi connectivity index (χ0v) is 21.9. The number of nitrogens with one attached hydrogen (secondary N) is 2. The number of hydrogen-bond donors (Lipinski definition) is 2. The van der Waals surface area contributed by atoms with E-state index < -0.39 is 26.0 Å². The van der Waals surface area contributed by atoms with Crippen LogP contribution in [0.4, 0.5) is 11.6 Å². The van der Waals surface area contributed by atoms with Gasteiger partial charge in [-0.25, -0.2) is 31.5 Å². The molecule has 2 heterocycles. The number of rotatable bonds is 8. The van der Waals surface area contributed by atoms with Crippen molar-refractivity contribution < 1.29 is 26.4 Å². The van der Waals surface area contributed by atoms with Crippen molar-refractivity contribution in [3.8, 4) is 5.75 Å². The van der Waals surface area contributed by atoms with Crippen molar-refractivity contribution in [2.24, 2.45) is 5.92 Å². The summed E-state index contributed by atoms with van der Waals surface area (Å²) < 4.78 is 60.1. The normalized spacial score (nSPS) is 16.6. The number of amides is 1. The van der Waals surface area contributed by atoms with Crippen LogP contribution in [0.25, 0.3) is 0 Å². The second kappa shape index (κ2) is 10.8. The van der Waals surface area contributed by atoms with Crippen molar-refractivity contribution in [1.82, 2.24) is 14.3 Å². The van der Waals surface area contributed by atoms with Crippen LogP contribution in [-0.4, -0.2) is 57.2 Å². The lowest BCUT2D eigenvalue weighted by molar-refractivity contribution is -0.120. The highest BCUT2D eigenvalue weighted by molar-refractivity contribution is 7.92. The number of hydrogen-bond acceptors (Lipinski definition) is 8. The lowest BCUT2D eigenvalue weighted by Gasteiger charge is -2.31. The molecule has 2 aromatic carbocycles. The molecule has 0 bridgehead atoms. The van der Waals surface area contributed by atoms with Gasteiger partial charge in [0, 0.05) is 30.7 Å². The van der Waals surface area contributed by atoms with E-state index in [1.54, 1.807) is 25.1 Å². The first-order valence-corrected chi connectivity index (χ1v) is 14.4. The van der Waals surface area contributed by atoms with Gasteiger partial charge in [-0.15, -0.1) is 0 Å². The number of carbonyl (C=O) groups is 1. The molecule has 1 aromatic heterocycles. The molecule has 4 rings (SSSR count). The minimum Gasteiger partial charge on any atom is -0.497 e. The summed E-state index contributed by atoms with van der Waals surface area (Å²) in [5.41, 5.74) is 1.01. The highest BCUT2D eigenvalue weighted by Crippen LogP contribution is 2.26. The number of aryl methyl sites for hydroxylation is 1. The molecule has 1 saturated heterocycles. The first kappa shape index (κ1) is 26.5. The first-order valence-electron chi connectivity index (χ1n) is 11.5. The van der Waals surface area contributed by atoms with Gasteiger partial charge in [0.15, 0.2) is 0 Å². The monoisotopic (exact) mass is 545 g/mol. The molecular weight excluding hydrogens is 518 g/mol. The van der Waals surface area contributed by atoms with Crippen molar-refractivity contribution >= 4 is 37.6 Å². The number of aromatic nitrogens is 2. The summed E-state index contributed by atoms with van der Waals surface area (Å²) in [6.07, 6.45) is 2.53. The Balaban J connectivity index is 1.40. The van der Waals surface area contributed by atoms with Gasteiger partial charge in [-0.3, -0.25) is 4.79 Å². The third-order valence-corrected chi connectivity index (χ3v) is 9.13. The lowest BCUT2D eigenvalue weighted by atomic mass is 9.99. The smallest absolute Gasteiger partial charge is 0.264 e. The summed E-state index contributed by atoms with van der Waals surface area (Å²) >= 11 is 0. The van der Waals surface area contributed by atoms with Crippen LogP contribution in [0, 0.1) is 12.8 Å². The summed E-state index contributed by atoms with van der Waals surface area (Å²) in [4.78, 5) is 21.0. The number of carbonyl (C=O) groups excluding carboxylic acids is 1. The molecule has 1 atom stereocenters. The molecule has 1 aliphatic rings. The lowest BCUT2D eigenvalue weighted by Crippen LogP contribution is -2.43. The summed E-state index contributed by atoms with van der Waals surface area (Å²) in [7, 11) is -6.18. The molecule has 0 aliphatic carbocycles. The van der Waals surface area contributed by atoms with Crippen LogP contribution in [0.1, 0.15) is 18.5 Å². The predicted molar refractivity (Wildman–Crippen MR) is 137 cm³/mol. The number of benzene rings is 2. The number of methoxy groups -OCH3 is 1. The van der Waals surface area contributed by atoms with Crippen LogP contribution in [0.5, 0.6) is 5.75 Å². The van der Waals surface area contributed by atoms with Gasteiger partial charge < -0.3 is 10.1 Å². The maximum atomic E-state index is 13.1. The Kier molecular flexibility index (Phi) is 7.76. The molecular formula is C24H27N5O6S2. The molecule has 1 unspecified atom stereocenters. The van der Waals surface area contributed by atoms with Crippen LogP contribution in [-0.2, 0) is 24.8 Å². The molecule has 11 nitrogen and oxygen atoms in total. The molecule has 196 valence electrons. The Hall–Kier alpha value is -3.55. The third-order valence-electron chi connectivity index (χ3n) is 5.90. The van der Waals surface area contributed by atoms with Gasteiger partial charge in [-0.05, 0) is 74.4 Å². The Labute approximate surface area is 216 Å². The molecule has 0 radical (unpaired) electrons. The van der Waals surface area contributed by atoms with E-state index in [-0.39, 0.29) is 28.2 Å². The van der Waals surface area contributed by atoms with Gasteiger partial charge in [0.25, 0.3) is 10.0 Å². The molecule has 1 fully saturated rings. The third kappa shape index (κ3) is 6.24. The van der Waals surface area contributed by atoms with Crippen molar-refractivity contribution in [3.63, 3.8) is 0 Å². The largest absolute Gasteiger partial charge is 0.497 e. The topological polar surface area (TPSA) is 148 Å².